The molecule has 0 aliphatic carbocycles. The van der Waals surface area contributed by atoms with Crippen LogP contribution in [0.2, 0.25) is 0 Å². The second-order valence-corrected chi connectivity index (χ2v) is 8.44. The van der Waals surface area contributed by atoms with Gasteiger partial charge in [0.05, 0.1) is 0 Å². The Morgan fingerprint density at radius 1 is 0.750 bits per heavy atom. The van der Waals surface area contributed by atoms with E-state index in [9.17, 15) is 10.5 Å². The molecule has 0 radical (unpaired) electrons. The van der Waals surface area contributed by atoms with Crippen LogP contribution in [0.15, 0.2) is 60.7 Å². The number of hydrogen-bond acceptors (Lipinski definition) is 2. The summed E-state index contributed by atoms with van der Waals surface area (Å²) in [4.78, 5) is 0. The van der Waals surface area contributed by atoms with Gasteiger partial charge in [-0.15, -0.1) is 0 Å². The Kier molecular flexibility index (Phi) is 5.27. The van der Waals surface area contributed by atoms with Crippen molar-refractivity contribution in [1.29, 1.82) is 10.5 Å². The average molecular weight is 325 g/mol. The molecule has 0 spiro atoms. The molecule has 0 bridgehead atoms. The van der Waals surface area contributed by atoms with Crippen LogP contribution in [0.3, 0.4) is 0 Å². The van der Waals surface area contributed by atoms with Crippen LogP contribution in [0.4, 0.5) is 0 Å². The van der Waals surface area contributed by atoms with Gasteiger partial charge in [0.15, 0.2) is 0 Å². The summed E-state index contributed by atoms with van der Waals surface area (Å²) >= 11 is -1.45. The second-order valence-electron chi connectivity index (χ2n) is 4.31. The zero-order valence-electron chi connectivity index (χ0n) is 11.0. The van der Waals surface area contributed by atoms with Crippen LogP contribution in [0.1, 0.15) is 11.1 Å². The van der Waals surface area contributed by atoms with Crippen molar-refractivity contribution in [2.75, 3.05) is 0 Å². The molecule has 0 N–H and O–H groups in total. The fourth-order valence-electron chi connectivity index (χ4n) is 1.90. The SMILES string of the molecule is N#CC(C#N)=[Se](Cc1ccccc1)Cc1ccccc1. The summed E-state index contributed by atoms with van der Waals surface area (Å²) in [6.07, 6.45) is 0. The molecular weight excluding hydrogens is 311 g/mol. The van der Waals surface area contributed by atoms with Gasteiger partial charge in [-0.05, 0) is 0 Å². The molecule has 0 saturated carbocycles. The molecule has 0 aliphatic rings. The normalized spacial score (nSPS) is 9.75. The first-order chi connectivity index (χ1) is 9.83. The molecule has 2 aromatic carbocycles. The third-order valence-corrected chi connectivity index (χ3v) is 7.31. The van der Waals surface area contributed by atoms with Crippen molar-refractivity contribution in [3.05, 3.63) is 71.8 Å². The van der Waals surface area contributed by atoms with Gasteiger partial charge in [-0.1, -0.05) is 0 Å². The van der Waals surface area contributed by atoms with Crippen molar-refractivity contribution >= 4 is 17.9 Å². The van der Waals surface area contributed by atoms with Gasteiger partial charge in [0.2, 0.25) is 0 Å². The summed E-state index contributed by atoms with van der Waals surface area (Å²) in [5.74, 6) is 0. The van der Waals surface area contributed by atoms with Crippen molar-refractivity contribution in [3.8, 4) is 12.1 Å². The maximum absolute atomic E-state index is 9.17. The quantitative estimate of drug-likeness (QED) is 0.812. The van der Waals surface area contributed by atoms with Crippen molar-refractivity contribution < 1.29 is 0 Å². The van der Waals surface area contributed by atoms with Gasteiger partial charge >= 0.3 is 123 Å². The fourth-order valence-corrected chi connectivity index (χ4v) is 5.76. The van der Waals surface area contributed by atoms with Gasteiger partial charge in [-0.2, -0.15) is 0 Å². The summed E-state index contributed by atoms with van der Waals surface area (Å²) in [5, 5.41) is 20.0. The predicted octanol–water partition coefficient (Wildman–Crippen LogP) is 2.85. The third kappa shape index (κ3) is 3.90. The van der Waals surface area contributed by atoms with E-state index in [1.807, 2.05) is 36.4 Å². The molecule has 2 rings (SSSR count). The minimum absolute atomic E-state index is 0.428. The zero-order valence-corrected chi connectivity index (χ0v) is 12.7. The Morgan fingerprint density at radius 2 is 1.15 bits per heavy atom. The minimum atomic E-state index is -1.45. The Bertz CT molecular complexity index is 617. The summed E-state index contributed by atoms with van der Waals surface area (Å²) in [7, 11) is 0. The molecule has 0 fully saturated rings. The van der Waals surface area contributed by atoms with E-state index in [1.54, 1.807) is 0 Å². The summed E-state index contributed by atoms with van der Waals surface area (Å²) in [6.45, 7) is 0. The van der Waals surface area contributed by atoms with Crippen molar-refractivity contribution in [2.24, 2.45) is 0 Å². The molecule has 3 heteroatoms. The zero-order chi connectivity index (χ0) is 14.2. The second kappa shape index (κ2) is 7.41. The number of nitrogens with zero attached hydrogens (tertiary/aromatic N) is 2. The summed E-state index contributed by atoms with van der Waals surface area (Å²) in [5.41, 5.74) is 2.41. The van der Waals surface area contributed by atoms with E-state index in [0.29, 0.717) is 4.42 Å². The van der Waals surface area contributed by atoms with Gasteiger partial charge < -0.3 is 0 Å². The molecule has 2 nitrogen and oxygen atoms in total. The van der Waals surface area contributed by atoms with Crippen molar-refractivity contribution in [2.45, 2.75) is 10.6 Å². The molecule has 0 heterocycles. The van der Waals surface area contributed by atoms with Gasteiger partial charge in [0, 0.05) is 0 Å². The monoisotopic (exact) mass is 326 g/mol. The number of rotatable bonds is 4. The van der Waals surface area contributed by atoms with Gasteiger partial charge in [-0.3, -0.25) is 0 Å². The Balaban J connectivity index is 2.30. The van der Waals surface area contributed by atoms with E-state index >= 15 is 0 Å². The molecule has 98 valence electrons. The van der Waals surface area contributed by atoms with E-state index in [2.05, 4.69) is 36.4 Å². The first kappa shape index (κ1) is 14.2. The fraction of sp³-hybridized carbons (Fsp3) is 0.118. The maximum atomic E-state index is 9.17. The van der Waals surface area contributed by atoms with Crippen molar-refractivity contribution in [3.63, 3.8) is 0 Å². The van der Waals surface area contributed by atoms with Crippen LogP contribution in [-0.4, -0.2) is 17.9 Å². The summed E-state index contributed by atoms with van der Waals surface area (Å²) in [6, 6.07) is 24.4. The van der Waals surface area contributed by atoms with E-state index < -0.39 is 13.5 Å². The van der Waals surface area contributed by atoms with Crippen LogP contribution < -0.4 is 0 Å². The van der Waals surface area contributed by atoms with Crippen LogP contribution >= 0.6 is 0 Å². The van der Waals surface area contributed by atoms with Gasteiger partial charge in [0.1, 0.15) is 0 Å². The first-order valence-corrected chi connectivity index (χ1v) is 9.54. The molecule has 2 aromatic rings. The van der Waals surface area contributed by atoms with E-state index in [4.69, 9.17) is 0 Å². The predicted molar refractivity (Wildman–Crippen MR) is 82.3 cm³/mol. The molecule has 0 saturated heterocycles. The summed E-state index contributed by atoms with van der Waals surface area (Å²) < 4.78 is 0.428. The van der Waals surface area contributed by atoms with Gasteiger partial charge in [0.25, 0.3) is 0 Å². The van der Waals surface area contributed by atoms with Crippen LogP contribution in [0, 0.1) is 22.7 Å². The van der Waals surface area contributed by atoms with Crippen LogP contribution in [0.25, 0.3) is 0 Å². The average Bonchev–Trinajstić information content (AvgIpc) is 2.50. The molecule has 0 unspecified atom stereocenters. The molecular formula is C17H14N2Se. The van der Waals surface area contributed by atoms with E-state index in [1.165, 1.54) is 11.1 Å². The third-order valence-electron chi connectivity index (χ3n) is 2.86. The Labute approximate surface area is 123 Å². The number of nitriles is 2. The van der Waals surface area contributed by atoms with Crippen LogP contribution in [-0.2, 0) is 10.6 Å². The van der Waals surface area contributed by atoms with E-state index in [0.717, 1.165) is 10.6 Å². The van der Waals surface area contributed by atoms with Gasteiger partial charge in [-0.25, -0.2) is 0 Å². The van der Waals surface area contributed by atoms with Crippen molar-refractivity contribution in [1.82, 2.24) is 0 Å². The molecule has 0 atom stereocenters. The molecule has 0 amide bonds. The molecule has 0 aliphatic heterocycles. The van der Waals surface area contributed by atoms with Crippen LogP contribution in [0.5, 0.6) is 0 Å². The van der Waals surface area contributed by atoms with E-state index in [-0.39, 0.29) is 0 Å². The Hall–Kier alpha value is -2.19. The Morgan fingerprint density at radius 3 is 1.50 bits per heavy atom. The number of benzene rings is 2. The molecule has 0 aromatic heterocycles. The molecule has 20 heavy (non-hydrogen) atoms. The standard InChI is InChI=1S/C17H14N2Se/c18-11-17(12-19)20(13-15-7-3-1-4-8-15)14-16-9-5-2-6-10-16/h1-10H,13-14H2. The first-order valence-electron chi connectivity index (χ1n) is 6.26. The number of hydrogen-bond donors (Lipinski definition) is 0. The topological polar surface area (TPSA) is 47.6 Å².